The molecule has 0 bridgehead atoms. The zero-order valence-electron chi connectivity index (χ0n) is 10.5. The molecular formula is C13H9F3N4S. The summed E-state index contributed by atoms with van der Waals surface area (Å²) in [6.45, 7) is 0. The lowest BCUT2D eigenvalue weighted by atomic mass is 10.0. The SMILES string of the molecule is NC(c1cnc(C(F)(F)F)s1)c1cccc2nccnc12. The van der Waals surface area contributed by atoms with E-state index in [1.54, 1.807) is 24.4 Å². The van der Waals surface area contributed by atoms with E-state index >= 15 is 0 Å². The average molecular weight is 310 g/mol. The fraction of sp³-hybridized carbons (Fsp3) is 0.154. The minimum atomic E-state index is -4.46. The maximum absolute atomic E-state index is 12.6. The van der Waals surface area contributed by atoms with Gasteiger partial charge in [0, 0.05) is 29.0 Å². The lowest BCUT2D eigenvalue weighted by Crippen LogP contribution is -2.11. The first-order valence-electron chi connectivity index (χ1n) is 5.95. The Morgan fingerprint density at radius 2 is 1.86 bits per heavy atom. The summed E-state index contributed by atoms with van der Waals surface area (Å²) in [7, 11) is 0. The van der Waals surface area contributed by atoms with Crippen molar-refractivity contribution in [1.29, 1.82) is 0 Å². The highest BCUT2D eigenvalue weighted by Crippen LogP contribution is 2.36. The van der Waals surface area contributed by atoms with Crippen LogP contribution in [0.3, 0.4) is 0 Å². The molecule has 0 spiro atoms. The number of para-hydroxylation sites is 1. The Labute approximate surface area is 121 Å². The van der Waals surface area contributed by atoms with E-state index in [0.717, 1.165) is 6.20 Å². The number of benzene rings is 1. The molecule has 2 heterocycles. The molecule has 0 saturated heterocycles. The number of alkyl halides is 3. The van der Waals surface area contributed by atoms with Gasteiger partial charge in [-0.3, -0.25) is 9.97 Å². The number of halogens is 3. The van der Waals surface area contributed by atoms with E-state index in [-0.39, 0.29) is 0 Å². The minimum absolute atomic E-state index is 0.334. The average Bonchev–Trinajstić information content (AvgIpc) is 2.96. The van der Waals surface area contributed by atoms with E-state index in [4.69, 9.17) is 5.73 Å². The summed E-state index contributed by atoms with van der Waals surface area (Å²) in [6, 6.07) is 4.53. The molecular weight excluding hydrogens is 301 g/mol. The fourth-order valence-electron chi connectivity index (χ4n) is 1.98. The van der Waals surface area contributed by atoms with Crippen LogP contribution >= 0.6 is 11.3 Å². The molecule has 1 unspecified atom stereocenters. The molecule has 1 aromatic carbocycles. The number of hydrogen-bond donors (Lipinski definition) is 1. The summed E-state index contributed by atoms with van der Waals surface area (Å²) in [5.41, 5.74) is 7.92. The van der Waals surface area contributed by atoms with Gasteiger partial charge >= 0.3 is 6.18 Å². The van der Waals surface area contributed by atoms with Gasteiger partial charge in [-0.15, -0.1) is 11.3 Å². The van der Waals surface area contributed by atoms with Crippen LogP contribution < -0.4 is 5.73 Å². The maximum atomic E-state index is 12.6. The maximum Gasteiger partial charge on any atom is 0.443 e. The largest absolute Gasteiger partial charge is 0.443 e. The lowest BCUT2D eigenvalue weighted by molar-refractivity contribution is -0.137. The van der Waals surface area contributed by atoms with Crippen molar-refractivity contribution in [3.8, 4) is 0 Å². The third-order valence-corrected chi connectivity index (χ3v) is 4.06. The van der Waals surface area contributed by atoms with Gasteiger partial charge in [0.05, 0.1) is 17.1 Å². The molecule has 108 valence electrons. The molecule has 0 aliphatic carbocycles. The van der Waals surface area contributed by atoms with Gasteiger partial charge in [-0.05, 0) is 6.07 Å². The Bertz CT molecular complexity index is 779. The topological polar surface area (TPSA) is 64.7 Å². The van der Waals surface area contributed by atoms with Crippen molar-refractivity contribution in [2.24, 2.45) is 5.73 Å². The lowest BCUT2D eigenvalue weighted by Gasteiger charge is -2.11. The molecule has 0 aliphatic rings. The summed E-state index contributed by atoms with van der Waals surface area (Å²) in [5.74, 6) is 0. The van der Waals surface area contributed by atoms with Crippen molar-refractivity contribution in [1.82, 2.24) is 15.0 Å². The second-order valence-corrected chi connectivity index (χ2v) is 5.38. The summed E-state index contributed by atoms with van der Waals surface area (Å²) in [4.78, 5) is 12.1. The second kappa shape index (κ2) is 5.05. The molecule has 4 nitrogen and oxygen atoms in total. The highest BCUT2D eigenvalue weighted by atomic mass is 32.1. The van der Waals surface area contributed by atoms with E-state index in [9.17, 15) is 13.2 Å². The minimum Gasteiger partial charge on any atom is -0.319 e. The van der Waals surface area contributed by atoms with Crippen molar-refractivity contribution in [2.45, 2.75) is 12.2 Å². The Kier molecular flexibility index (Phi) is 3.34. The fourth-order valence-corrected chi connectivity index (χ4v) is 2.78. The monoisotopic (exact) mass is 310 g/mol. The predicted molar refractivity (Wildman–Crippen MR) is 72.7 cm³/mol. The van der Waals surface area contributed by atoms with Crippen LogP contribution in [-0.4, -0.2) is 15.0 Å². The molecule has 2 aromatic heterocycles. The second-order valence-electron chi connectivity index (χ2n) is 4.31. The number of nitrogens with two attached hydrogens (primary N) is 1. The molecule has 0 amide bonds. The van der Waals surface area contributed by atoms with Crippen LogP contribution in [0.1, 0.15) is 21.5 Å². The van der Waals surface area contributed by atoms with Crippen LogP contribution in [0.4, 0.5) is 13.2 Å². The van der Waals surface area contributed by atoms with E-state index in [1.807, 2.05) is 0 Å². The molecule has 1 atom stereocenters. The van der Waals surface area contributed by atoms with Gasteiger partial charge in [-0.1, -0.05) is 12.1 Å². The number of nitrogens with zero attached hydrogens (tertiary/aromatic N) is 3. The van der Waals surface area contributed by atoms with Gasteiger partial charge in [-0.2, -0.15) is 13.2 Å². The van der Waals surface area contributed by atoms with E-state index in [1.165, 1.54) is 6.20 Å². The molecule has 3 rings (SSSR count). The third-order valence-electron chi connectivity index (χ3n) is 2.94. The van der Waals surface area contributed by atoms with Crippen molar-refractivity contribution >= 4 is 22.4 Å². The number of rotatable bonds is 2. The summed E-state index contributed by atoms with van der Waals surface area (Å²) < 4.78 is 37.8. The summed E-state index contributed by atoms with van der Waals surface area (Å²) in [5, 5.41) is -0.903. The zero-order valence-corrected chi connectivity index (χ0v) is 11.3. The Morgan fingerprint density at radius 1 is 1.10 bits per heavy atom. The van der Waals surface area contributed by atoms with E-state index in [2.05, 4.69) is 15.0 Å². The highest BCUT2D eigenvalue weighted by molar-refractivity contribution is 7.11. The van der Waals surface area contributed by atoms with Crippen molar-refractivity contribution in [3.05, 3.63) is 52.2 Å². The van der Waals surface area contributed by atoms with Gasteiger partial charge in [0.25, 0.3) is 0 Å². The van der Waals surface area contributed by atoms with Gasteiger partial charge in [0.1, 0.15) is 0 Å². The Hall–Kier alpha value is -2.06. The van der Waals surface area contributed by atoms with Crippen LogP contribution in [0, 0.1) is 0 Å². The van der Waals surface area contributed by atoms with Crippen LogP contribution in [0.2, 0.25) is 0 Å². The van der Waals surface area contributed by atoms with Gasteiger partial charge in [0.15, 0.2) is 5.01 Å². The molecule has 8 heteroatoms. The molecule has 21 heavy (non-hydrogen) atoms. The van der Waals surface area contributed by atoms with E-state index in [0.29, 0.717) is 32.8 Å². The van der Waals surface area contributed by atoms with Crippen LogP contribution in [0.25, 0.3) is 11.0 Å². The molecule has 0 aliphatic heterocycles. The number of aromatic nitrogens is 3. The van der Waals surface area contributed by atoms with E-state index < -0.39 is 17.2 Å². The van der Waals surface area contributed by atoms with Crippen LogP contribution in [0.5, 0.6) is 0 Å². The van der Waals surface area contributed by atoms with Crippen LogP contribution in [-0.2, 0) is 6.18 Å². The first-order valence-corrected chi connectivity index (χ1v) is 6.76. The summed E-state index contributed by atoms with van der Waals surface area (Å²) in [6.07, 6.45) is -0.229. The smallest absolute Gasteiger partial charge is 0.319 e. The van der Waals surface area contributed by atoms with Crippen molar-refractivity contribution < 1.29 is 13.2 Å². The third kappa shape index (κ3) is 2.59. The standard InChI is InChI=1S/C13H9F3N4S/c14-13(15,16)12-20-6-9(21-12)10(17)7-2-1-3-8-11(7)19-5-4-18-8/h1-6,10H,17H2. The van der Waals surface area contributed by atoms with Gasteiger partial charge in [-0.25, -0.2) is 4.98 Å². The molecule has 0 radical (unpaired) electrons. The number of thiazole rings is 1. The number of hydrogen-bond acceptors (Lipinski definition) is 5. The zero-order chi connectivity index (χ0) is 15.0. The van der Waals surface area contributed by atoms with Crippen molar-refractivity contribution in [3.63, 3.8) is 0 Å². The quantitative estimate of drug-likeness (QED) is 0.789. The van der Waals surface area contributed by atoms with Crippen LogP contribution in [0.15, 0.2) is 36.8 Å². The molecule has 2 N–H and O–H groups in total. The normalized spacial score (nSPS) is 13.5. The number of fused-ring (bicyclic) bond motifs is 1. The molecule has 0 fully saturated rings. The molecule has 3 aromatic rings. The van der Waals surface area contributed by atoms with Gasteiger partial charge < -0.3 is 5.73 Å². The highest BCUT2D eigenvalue weighted by Gasteiger charge is 2.35. The predicted octanol–water partition coefficient (Wildman–Crippen LogP) is 3.15. The Balaban J connectivity index is 2.05. The van der Waals surface area contributed by atoms with Crippen molar-refractivity contribution in [2.75, 3.05) is 0 Å². The summed E-state index contributed by atoms with van der Waals surface area (Å²) >= 11 is 0.542. The molecule has 0 saturated carbocycles. The Morgan fingerprint density at radius 3 is 2.57 bits per heavy atom. The first kappa shape index (κ1) is 13.9. The first-order chi connectivity index (χ1) is 9.97. The van der Waals surface area contributed by atoms with Gasteiger partial charge in [0.2, 0.25) is 0 Å².